The van der Waals surface area contributed by atoms with Gasteiger partial charge >= 0.3 is 0 Å². The smallest absolute Gasteiger partial charge is 0.214 e. The third-order valence-corrected chi connectivity index (χ3v) is 5.35. The summed E-state index contributed by atoms with van der Waals surface area (Å²) in [5.41, 5.74) is 0. The van der Waals surface area contributed by atoms with Gasteiger partial charge in [0, 0.05) is 6.54 Å². The highest BCUT2D eigenvalue weighted by Crippen LogP contribution is 2.27. The zero-order chi connectivity index (χ0) is 12.9. The van der Waals surface area contributed by atoms with Crippen molar-refractivity contribution >= 4 is 10.0 Å². The Balaban J connectivity index is 2.43. The predicted molar refractivity (Wildman–Crippen MR) is 67.7 cm³/mol. The molecule has 0 amide bonds. The maximum atomic E-state index is 11.8. The number of nitriles is 1. The summed E-state index contributed by atoms with van der Waals surface area (Å²) in [5, 5.41) is 7.85. The van der Waals surface area contributed by atoms with Crippen LogP contribution in [0.25, 0.3) is 0 Å². The topological polar surface area (TPSA) is 70.0 Å². The normalized spacial score (nSPS) is 27.4. The quantitative estimate of drug-likeness (QED) is 0.820. The van der Waals surface area contributed by atoms with Crippen LogP contribution in [-0.2, 0) is 10.0 Å². The van der Waals surface area contributed by atoms with E-state index in [2.05, 4.69) is 11.6 Å². The highest BCUT2D eigenvalue weighted by atomic mass is 32.2. The number of nitrogens with zero attached hydrogens (tertiary/aromatic N) is 1. The van der Waals surface area contributed by atoms with Crippen LogP contribution in [-0.4, -0.2) is 20.2 Å². The van der Waals surface area contributed by atoms with Gasteiger partial charge in [-0.3, -0.25) is 0 Å². The van der Waals surface area contributed by atoms with E-state index >= 15 is 0 Å². The van der Waals surface area contributed by atoms with Crippen LogP contribution in [0.3, 0.4) is 0 Å². The van der Waals surface area contributed by atoms with Gasteiger partial charge in [0.2, 0.25) is 10.0 Å². The third-order valence-electron chi connectivity index (χ3n) is 3.60. The molecule has 1 fully saturated rings. The van der Waals surface area contributed by atoms with Crippen molar-refractivity contribution in [1.29, 1.82) is 5.26 Å². The first kappa shape index (κ1) is 14.5. The summed E-state index contributed by atoms with van der Waals surface area (Å²) in [5.74, 6) is 1.21. The molecule has 1 rings (SSSR count). The molecule has 0 heterocycles. The van der Waals surface area contributed by atoms with Gasteiger partial charge in [0.25, 0.3) is 0 Å². The molecule has 0 spiro atoms. The standard InChI is InChI=1S/C12H22N2O2S/c1-3-12(8-13)17(15,16)14-9-11-6-4-10(2)5-7-11/h10-12,14H,3-7,9H2,1-2H3. The molecule has 1 aliphatic rings. The van der Waals surface area contributed by atoms with Gasteiger partial charge in [-0.15, -0.1) is 0 Å². The molecule has 17 heavy (non-hydrogen) atoms. The van der Waals surface area contributed by atoms with E-state index in [4.69, 9.17) is 5.26 Å². The van der Waals surface area contributed by atoms with Crippen molar-refractivity contribution in [3.63, 3.8) is 0 Å². The third kappa shape index (κ3) is 4.29. The fraction of sp³-hybridized carbons (Fsp3) is 0.917. The molecule has 98 valence electrons. The van der Waals surface area contributed by atoms with Gasteiger partial charge in [0.05, 0.1) is 6.07 Å². The average molecular weight is 258 g/mol. The summed E-state index contributed by atoms with van der Waals surface area (Å²) in [6, 6.07) is 1.84. The molecular weight excluding hydrogens is 236 g/mol. The van der Waals surface area contributed by atoms with Crippen LogP contribution < -0.4 is 4.72 Å². The SMILES string of the molecule is CCC(C#N)S(=O)(=O)NCC1CCC(C)CC1. The van der Waals surface area contributed by atoms with Gasteiger partial charge < -0.3 is 0 Å². The molecule has 1 aliphatic carbocycles. The van der Waals surface area contributed by atoms with E-state index < -0.39 is 15.3 Å². The Hall–Kier alpha value is -0.600. The molecule has 1 saturated carbocycles. The minimum Gasteiger partial charge on any atom is -0.214 e. The Morgan fingerprint density at radius 1 is 1.35 bits per heavy atom. The fourth-order valence-corrected chi connectivity index (χ4v) is 3.49. The lowest BCUT2D eigenvalue weighted by Crippen LogP contribution is -2.37. The number of nitrogens with one attached hydrogen (secondary N) is 1. The van der Waals surface area contributed by atoms with E-state index in [1.54, 1.807) is 6.92 Å². The van der Waals surface area contributed by atoms with Crippen LogP contribution in [0.2, 0.25) is 0 Å². The minimum absolute atomic E-state index is 0.341. The van der Waals surface area contributed by atoms with E-state index in [1.807, 2.05) is 6.07 Å². The molecule has 4 nitrogen and oxygen atoms in total. The molecule has 0 radical (unpaired) electrons. The summed E-state index contributed by atoms with van der Waals surface area (Å²) in [6.45, 7) is 4.45. The summed E-state index contributed by atoms with van der Waals surface area (Å²) in [7, 11) is -3.45. The first-order valence-corrected chi connectivity index (χ1v) is 7.92. The van der Waals surface area contributed by atoms with E-state index in [0.717, 1.165) is 18.8 Å². The Morgan fingerprint density at radius 3 is 2.41 bits per heavy atom. The Labute approximate surface area is 104 Å². The van der Waals surface area contributed by atoms with Crippen LogP contribution in [0.1, 0.15) is 46.0 Å². The minimum atomic E-state index is -3.45. The van der Waals surface area contributed by atoms with Gasteiger partial charge in [-0.05, 0) is 31.1 Å². The van der Waals surface area contributed by atoms with Crippen molar-refractivity contribution in [3.8, 4) is 6.07 Å². The van der Waals surface area contributed by atoms with Crippen LogP contribution >= 0.6 is 0 Å². The predicted octanol–water partition coefficient (Wildman–Crippen LogP) is 2.03. The largest absolute Gasteiger partial charge is 0.227 e. The zero-order valence-electron chi connectivity index (χ0n) is 10.6. The highest BCUT2D eigenvalue weighted by Gasteiger charge is 2.25. The average Bonchev–Trinajstić information content (AvgIpc) is 2.29. The summed E-state index contributed by atoms with van der Waals surface area (Å²) < 4.78 is 26.1. The van der Waals surface area contributed by atoms with Crippen LogP contribution in [0.5, 0.6) is 0 Å². The molecule has 1 unspecified atom stereocenters. The summed E-state index contributed by atoms with van der Waals surface area (Å²) >= 11 is 0. The molecular formula is C12H22N2O2S. The second-order valence-electron chi connectivity index (χ2n) is 5.05. The van der Waals surface area contributed by atoms with Crippen molar-refractivity contribution in [2.45, 2.75) is 51.2 Å². The molecule has 1 atom stereocenters. The molecule has 0 aromatic rings. The molecule has 1 N–H and O–H groups in total. The van der Waals surface area contributed by atoms with Crippen molar-refractivity contribution in [2.75, 3.05) is 6.54 Å². The molecule has 0 saturated heterocycles. The Kier molecular flexibility index (Phi) is 5.41. The molecule has 0 bridgehead atoms. The van der Waals surface area contributed by atoms with Crippen molar-refractivity contribution < 1.29 is 8.42 Å². The number of hydrogen-bond donors (Lipinski definition) is 1. The van der Waals surface area contributed by atoms with Gasteiger partial charge in [-0.25, -0.2) is 13.1 Å². The lowest BCUT2D eigenvalue weighted by atomic mass is 9.83. The first-order valence-electron chi connectivity index (χ1n) is 6.37. The molecule has 5 heteroatoms. The molecule has 0 aromatic carbocycles. The van der Waals surface area contributed by atoms with Crippen molar-refractivity contribution in [1.82, 2.24) is 4.72 Å². The van der Waals surface area contributed by atoms with Crippen LogP contribution in [0.4, 0.5) is 0 Å². The van der Waals surface area contributed by atoms with Crippen molar-refractivity contribution in [3.05, 3.63) is 0 Å². The fourth-order valence-electron chi connectivity index (χ4n) is 2.25. The maximum absolute atomic E-state index is 11.8. The maximum Gasteiger partial charge on any atom is 0.227 e. The summed E-state index contributed by atoms with van der Waals surface area (Å²) in [6.07, 6.45) is 4.89. The summed E-state index contributed by atoms with van der Waals surface area (Å²) in [4.78, 5) is 0. The van der Waals surface area contributed by atoms with Gasteiger partial charge in [-0.1, -0.05) is 26.7 Å². The van der Waals surface area contributed by atoms with Crippen LogP contribution in [0.15, 0.2) is 0 Å². The van der Waals surface area contributed by atoms with Gasteiger partial charge in [0.1, 0.15) is 0 Å². The molecule has 0 aliphatic heterocycles. The van der Waals surface area contributed by atoms with Crippen molar-refractivity contribution in [2.24, 2.45) is 11.8 Å². The second-order valence-corrected chi connectivity index (χ2v) is 6.99. The lowest BCUT2D eigenvalue weighted by Gasteiger charge is -2.26. The van der Waals surface area contributed by atoms with E-state index in [1.165, 1.54) is 12.8 Å². The monoisotopic (exact) mass is 258 g/mol. The number of sulfonamides is 1. The Morgan fingerprint density at radius 2 is 1.94 bits per heavy atom. The first-order chi connectivity index (χ1) is 7.99. The van der Waals surface area contributed by atoms with Gasteiger partial charge in [-0.2, -0.15) is 5.26 Å². The highest BCUT2D eigenvalue weighted by molar-refractivity contribution is 7.90. The van der Waals surface area contributed by atoms with E-state index in [9.17, 15) is 8.42 Å². The number of hydrogen-bond acceptors (Lipinski definition) is 3. The van der Waals surface area contributed by atoms with Gasteiger partial charge in [0.15, 0.2) is 5.25 Å². The second kappa shape index (κ2) is 6.36. The molecule has 0 aromatic heterocycles. The van der Waals surface area contributed by atoms with E-state index in [-0.39, 0.29) is 0 Å². The van der Waals surface area contributed by atoms with E-state index in [0.29, 0.717) is 18.9 Å². The number of rotatable bonds is 5. The van der Waals surface area contributed by atoms with Crippen LogP contribution in [0, 0.1) is 23.2 Å². The lowest BCUT2D eigenvalue weighted by molar-refractivity contribution is 0.290. The zero-order valence-corrected chi connectivity index (χ0v) is 11.5. The Bertz CT molecular complexity index is 364.